The van der Waals surface area contributed by atoms with Crippen LogP contribution in [0, 0.1) is 5.92 Å². The largest absolute Gasteiger partial charge is 0.481 e. The lowest BCUT2D eigenvalue weighted by atomic mass is 9.92. The molecule has 1 aliphatic heterocycles. The molecule has 1 aromatic rings. The quantitative estimate of drug-likeness (QED) is 0.871. The van der Waals surface area contributed by atoms with Crippen molar-refractivity contribution in [3.63, 3.8) is 0 Å². The van der Waals surface area contributed by atoms with Crippen LogP contribution < -0.4 is 0 Å². The molecule has 21 heavy (non-hydrogen) atoms. The van der Waals surface area contributed by atoms with Gasteiger partial charge in [-0.05, 0) is 44.7 Å². The topological polar surface area (TPSA) is 57.6 Å². The monoisotopic (exact) mass is 307 g/mol. The fraction of sp³-hybridized carbons (Fsp3) is 0.500. The van der Waals surface area contributed by atoms with E-state index < -0.39 is 23.5 Å². The van der Waals surface area contributed by atoms with E-state index in [4.69, 9.17) is 0 Å². The number of likely N-dealkylation sites (tertiary alicyclic amines) is 1. The van der Waals surface area contributed by atoms with Gasteiger partial charge >= 0.3 is 5.97 Å². The molecule has 1 aromatic carbocycles. The number of carboxylic acids is 1. The Morgan fingerprint density at radius 1 is 1.29 bits per heavy atom. The summed E-state index contributed by atoms with van der Waals surface area (Å²) < 4.78 is 0. The summed E-state index contributed by atoms with van der Waals surface area (Å²) in [6.07, 6.45) is 2.07. The van der Waals surface area contributed by atoms with Crippen LogP contribution in [0.25, 0.3) is 0 Å². The molecule has 1 fully saturated rings. The van der Waals surface area contributed by atoms with Crippen LogP contribution in [0.4, 0.5) is 0 Å². The molecule has 1 heterocycles. The Balaban J connectivity index is 2.46. The van der Waals surface area contributed by atoms with Gasteiger partial charge in [0.1, 0.15) is 0 Å². The van der Waals surface area contributed by atoms with Crippen molar-refractivity contribution >= 4 is 23.6 Å². The Morgan fingerprint density at radius 2 is 1.86 bits per heavy atom. The summed E-state index contributed by atoms with van der Waals surface area (Å²) in [6, 6.07) is 7.42. The molecule has 1 amide bonds. The van der Waals surface area contributed by atoms with Crippen molar-refractivity contribution in [1.82, 2.24) is 4.90 Å². The number of carbonyl (C=O) groups excluding carboxylic acids is 1. The Hall–Kier alpha value is -1.49. The highest BCUT2D eigenvalue weighted by atomic mass is 32.2. The highest BCUT2D eigenvalue weighted by Crippen LogP contribution is 2.42. The third-order valence-electron chi connectivity index (χ3n) is 3.82. The fourth-order valence-electron chi connectivity index (χ4n) is 2.93. The van der Waals surface area contributed by atoms with Crippen molar-refractivity contribution in [1.29, 1.82) is 0 Å². The van der Waals surface area contributed by atoms with Crippen LogP contribution in [0.1, 0.15) is 38.8 Å². The average molecular weight is 307 g/mol. The Bertz CT molecular complexity index is 548. The second kappa shape index (κ2) is 5.72. The van der Waals surface area contributed by atoms with Crippen LogP contribution in [0.2, 0.25) is 0 Å². The number of amides is 1. The first-order valence-corrected chi connectivity index (χ1v) is 8.17. The number of nitrogens with zero attached hydrogens (tertiary/aromatic N) is 1. The van der Waals surface area contributed by atoms with Crippen molar-refractivity contribution in [3.8, 4) is 0 Å². The third kappa shape index (κ3) is 3.07. The summed E-state index contributed by atoms with van der Waals surface area (Å²) in [5.41, 5.74) is 0.491. The predicted molar refractivity (Wildman–Crippen MR) is 83.3 cm³/mol. The number of rotatable bonds is 3. The molecule has 4 nitrogen and oxygen atoms in total. The van der Waals surface area contributed by atoms with Crippen LogP contribution in [-0.2, 0) is 9.59 Å². The van der Waals surface area contributed by atoms with Crippen LogP contribution in [0.5, 0.6) is 0 Å². The molecule has 0 aliphatic carbocycles. The molecule has 0 aromatic heterocycles. The van der Waals surface area contributed by atoms with Crippen molar-refractivity contribution in [2.75, 3.05) is 6.26 Å². The van der Waals surface area contributed by atoms with Gasteiger partial charge in [-0.25, -0.2) is 0 Å². The minimum absolute atomic E-state index is 0.0710. The van der Waals surface area contributed by atoms with Crippen LogP contribution in [-0.4, -0.2) is 33.7 Å². The molecular weight excluding hydrogens is 286 g/mol. The Morgan fingerprint density at radius 3 is 2.29 bits per heavy atom. The van der Waals surface area contributed by atoms with Gasteiger partial charge < -0.3 is 10.0 Å². The Labute approximate surface area is 129 Å². The first-order chi connectivity index (χ1) is 9.75. The molecular formula is C16H21NO3S. The zero-order valence-electron chi connectivity index (χ0n) is 12.8. The molecule has 0 radical (unpaired) electrons. The van der Waals surface area contributed by atoms with Crippen molar-refractivity contribution in [2.45, 2.75) is 43.7 Å². The van der Waals surface area contributed by atoms with Crippen LogP contribution >= 0.6 is 11.8 Å². The fourth-order valence-corrected chi connectivity index (χ4v) is 3.34. The summed E-state index contributed by atoms with van der Waals surface area (Å²) >= 11 is 1.64. The number of carbonyl (C=O) groups is 2. The minimum atomic E-state index is -0.908. The summed E-state index contributed by atoms with van der Waals surface area (Å²) in [6.45, 7) is 5.83. The highest BCUT2D eigenvalue weighted by Gasteiger charge is 2.48. The standard InChI is InChI=1S/C16H21NO3S/c1-16(2,3)17-13(18)9-12(15(19)20)14(17)10-5-7-11(21-4)8-6-10/h5-8,12,14H,9H2,1-4H3,(H,19,20). The average Bonchev–Trinajstić information content (AvgIpc) is 2.76. The second-order valence-corrected chi connectivity index (χ2v) is 7.18. The van der Waals surface area contributed by atoms with E-state index in [1.807, 2.05) is 51.3 Å². The second-order valence-electron chi connectivity index (χ2n) is 6.30. The van der Waals surface area contributed by atoms with Gasteiger partial charge in [0.15, 0.2) is 0 Å². The number of benzene rings is 1. The van der Waals surface area contributed by atoms with Crippen molar-refractivity contribution in [2.24, 2.45) is 5.92 Å². The number of aliphatic carboxylic acids is 1. The van der Waals surface area contributed by atoms with E-state index in [-0.39, 0.29) is 12.3 Å². The number of thioether (sulfide) groups is 1. The smallest absolute Gasteiger partial charge is 0.309 e. The summed E-state index contributed by atoms with van der Waals surface area (Å²) in [4.78, 5) is 26.7. The molecule has 0 bridgehead atoms. The predicted octanol–water partition coefficient (Wildman–Crippen LogP) is 3.18. The zero-order chi connectivity index (χ0) is 15.8. The first-order valence-electron chi connectivity index (χ1n) is 6.94. The lowest BCUT2D eigenvalue weighted by molar-refractivity contribution is -0.142. The summed E-state index contributed by atoms with van der Waals surface area (Å²) in [5, 5.41) is 9.46. The maximum absolute atomic E-state index is 12.3. The highest BCUT2D eigenvalue weighted by molar-refractivity contribution is 7.98. The van der Waals surface area contributed by atoms with Gasteiger partial charge in [-0.15, -0.1) is 11.8 Å². The van der Waals surface area contributed by atoms with Crippen molar-refractivity contribution < 1.29 is 14.7 Å². The van der Waals surface area contributed by atoms with Crippen molar-refractivity contribution in [3.05, 3.63) is 29.8 Å². The lowest BCUT2D eigenvalue weighted by Gasteiger charge is -2.38. The van der Waals surface area contributed by atoms with Gasteiger partial charge in [0, 0.05) is 16.9 Å². The van der Waals surface area contributed by atoms with Crippen LogP contribution in [0.3, 0.4) is 0 Å². The van der Waals surface area contributed by atoms with Crippen LogP contribution in [0.15, 0.2) is 29.2 Å². The molecule has 1 N–H and O–H groups in total. The minimum Gasteiger partial charge on any atom is -0.481 e. The molecule has 5 heteroatoms. The molecule has 0 saturated carbocycles. The van der Waals surface area contributed by atoms with Gasteiger partial charge in [0.05, 0.1) is 12.0 Å². The van der Waals surface area contributed by atoms with E-state index in [9.17, 15) is 14.7 Å². The molecule has 1 aliphatic rings. The van der Waals surface area contributed by atoms with Gasteiger partial charge in [0.2, 0.25) is 5.91 Å². The molecule has 1 saturated heterocycles. The first kappa shape index (κ1) is 15.9. The molecule has 114 valence electrons. The zero-order valence-corrected chi connectivity index (χ0v) is 13.6. The van der Waals surface area contributed by atoms with E-state index in [0.717, 1.165) is 10.5 Å². The van der Waals surface area contributed by atoms with E-state index in [0.29, 0.717) is 0 Å². The van der Waals surface area contributed by atoms with E-state index in [2.05, 4.69) is 0 Å². The molecule has 2 rings (SSSR count). The van der Waals surface area contributed by atoms with Gasteiger partial charge in [-0.3, -0.25) is 9.59 Å². The maximum Gasteiger partial charge on any atom is 0.309 e. The van der Waals surface area contributed by atoms with Gasteiger partial charge in [-0.1, -0.05) is 12.1 Å². The SMILES string of the molecule is CSc1ccc(C2C(C(=O)O)CC(=O)N2C(C)(C)C)cc1. The lowest BCUT2D eigenvalue weighted by Crippen LogP contribution is -2.44. The number of hydrogen-bond acceptors (Lipinski definition) is 3. The maximum atomic E-state index is 12.3. The molecule has 2 atom stereocenters. The van der Waals surface area contributed by atoms with E-state index in [1.54, 1.807) is 16.7 Å². The number of hydrogen-bond donors (Lipinski definition) is 1. The molecule has 0 spiro atoms. The van der Waals surface area contributed by atoms with Gasteiger partial charge in [-0.2, -0.15) is 0 Å². The number of carboxylic acid groups (broad SMARTS) is 1. The van der Waals surface area contributed by atoms with E-state index in [1.165, 1.54) is 0 Å². The molecule has 2 unspecified atom stereocenters. The third-order valence-corrected chi connectivity index (χ3v) is 4.56. The van der Waals surface area contributed by atoms with Gasteiger partial charge in [0.25, 0.3) is 0 Å². The normalized spacial score (nSPS) is 22.7. The summed E-state index contributed by atoms with van der Waals surface area (Å²) in [7, 11) is 0. The Kier molecular flexibility index (Phi) is 4.33. The van der Waals surface area contributed by atoms with E-state index >= 15 is 0 Å². The summed E-state index contributed by atoms with van der Waals surface area (Å²) in [5.74, 6) is -1.68.